The second kappa shape index (κ2) is 6.61. The molecule has 4 aromatic rings. The highest BCUT2D eigenvalue weighted by Gasteiger charge is 2.16. The Hall–Kier alpha value is -3.18. The van der Waals surface area contributed by atoms with E-state index in [0.29, 0.717) is 33.3 Å². The zero-order chi connectivity index (χ0) is 18.1. The lowest BCUT2D eigenvalue weighted by Gasteiger charge is -2.09. The lowest BCUT2D eigenvalue weighted by molar-refractivity contribution is 0.102. The van der Waals surface area contributed by atoms with Gasteiger partial charge >= 0.3 is 0 Å². The van der Waals surface area contributed by atoms with E-state index in [1.807, 2.05) is 0 Å². The molecule has 1 heterocycles. The molecule has 0 bridgehead atoms. The smallest absolute Gasteiger partial charge is 0.258 e. The fraction of sp³-hybridized carbons (Fsp3) is 0. The number of hydrogen-bond acceptors (Lipinski definition) is 3. The summed E-state index contributed by atoms with van der Waals surface area (Å²) >= 11 is 5.98. The summed E-state index contributed by atoms with van der Waals surface area (Å²) in [5, 5.41) is 3.27. The normalized spacial score (nSPS) is 10.8. The Labute approximate surface area is 153 Å². The van der Waals surface area contributed by atoms with E-state index >= 15 is 0 Å². The Morgan fingerprint density at radius 3 is 2.65 bits per heavy atom. The number of aromatic nitrogens is 1. The Morgan fingerprint density at radius 1 is 1.04 bits per heavy atom. The van der Waals surface area contributed by atoms with Crippen LogP contribution in [-0.2, 0) is 0 Å². The predicted octanol–water partition coefficient (Wildman–Crippen LogP) is 5.54. The number of halogens is 2. The highest BCUT2D eigenvalue weighted by atomic mass is 35.5. The van der Waals surface area contributed by atoms with Crippen LogP contribution in [0.4, 0.5) is 10.1 Å². The summed E-state index contributed by atoms with van der Waals surface area (Å²) in [6.07, 6.45) is 0. The second-order valence-corrected chi connectivity index (χ2v) is 6.05. The second-order valence-electron chi connectivity index (χ2n) is 5.61. The number of nitrogens with one attached hydrogen (secondary N) is 1. The van der Waals surface area contributed by atoms with Gasteiger partial charge in [-0.25, -0.2) is 9.37 Å². The highest BCUT2D eigenvalue weighted by molar-refractivity contribution is 6.31. The number of carbonyl (C=O) groups is 1. The van der Waals surface area contributed by atoms with Gasteiger partial charge in [0.2, 0.25) is 5.89 Å². The van der Waals surface area contributed by atoms with Gasteiger partial charge in [0, 0.05) is 5.02 Å². The molecule has 128 valence electrons. The Kier molecular flexibility index (Phi) is 4.14. The van der Waals surface area contributed by atoms with Gasteiger partial charge in [-0.05, 0) is 42.5 Å². The highest BCUT2D eigenvalue weighted by Crippen LogP contribution is 2.31. The first-order chi connectivity index (χ1) is 12.6. The molecule has 1 amide bonds. The zero-order valence-electron chi connectivity index (χ0n) is 13.4. The third kappa shape index (κ3) is 3.05. The van der Waals surface area contributed by atoms with Gasteiger partial charge in [-0.15, -0.1) is 0 Å². The number of amides is 1. The van der Waals surface area contributed by atoms with Crippen molar-refractivity contribution < 1.29 is 13.6 Å². The third-order valence-electron chi connectivity index (χ3n) is 3.87. The van der Waals surface area contributed by atoms with Crippen molar-refractivity contribution in [2.75, 3.05) is 5.32 Å². The van der Waals surface area contributed by atoms with Crippen molar-refractivity contribution in [2.24, 2.45) is 0 Å². The Bertz CT molecular complexity index is 1120. The van der Waals surface area contributed by atoms with Crippen molar-refractivity contribution in [1.29, 1.82) is 0 Å². The average molecular weight is 367 g/mol. The summed E-state index contributed by atoms with van der Waals surface area (Å²) in [7, 11) is 0. The van der Waals surface area contributed by atoms with Crippen LogP contribution in [0, 0.1) is 5.82 Å². The minimum absolute atomic E-state index is 0.0355. The van der Waals surface area contributed by atoms with Crippen LogP contribution in [0.2, 0.25) is 5.02 Å². The molecular formula is C20H12ClFN2O2. The van der Waals surface area contributed by atoms with Gasteiger partial charge in [-0.3, -0.25) is 4.79 Å². The molecule has 26 heavy (non-hydrogen) atoms. The van der Waals surface area contributed by atoms with Crippen molar-refractivity contribution in [3.63, 3.8) is 0 Å². The summed E-state index contributed by atoms with van der Waals surface area (Å²) in [6.45, 7) is 0. The summed E-state index contributed by atoms with van der Waals surface area (Å²) in [5.41, 5.74) is 2.22. The van der Waals surface area contributed by atoms with Crippen molar-refractivity contribution in [3.8, 4) is 11.5 Å². The van der Waals surface area contributed by atoms with Crippen LogP contribution in [0.25, 0.3) is 22.6 Å². The molecule has 0 spiro atoms. The maximum absolute atomic E-state index is 13.8. The average Bonchev–Trinajstić information content (AvgIpc) is 3.05. The van der Waals surface area contributed by atoms with E-state index in [4.69, 9.17) is 16.0 Å². The molecule has 0 saturated carbocycles. The molecule has 0 atom stereocenters. The third-order valence-corrected chi connectivity index (χ3v) is 4.11. The number of hydrogen-bond donors (Lipinski definition) is 1. The largest absolute Gasteiger partial charge is 0.436 e. The number of nitrogens with zero attached hydrogens (tertiary/aromatic N) is 1. The van der Waals surface area contributed by atoms with Crippen molar-refractivity contribution >= 4 is 34.3 Å². The number of fused-ring (bicyclic) bond motifs is 1. The SMILES string of the molecule is O=C(Nc1ccccc1-c1nc2cc(Cl)ccc2o1)c1ccccc1F. The van der Waals surface area contributed by atoms with E-state index < -0.39 is 11.7 Å². The standard InChI is InChI=1S/C20H12ClFN2O2/c21-12-9-10-18-17(11-12)24-20(26-18)14-6-2-4-8-16(14)23-19(25)13-5-1-3-7-15(13)22/h1-11H,(H,23,25). The van der Waals surface area contributed by atoms with Gasteiger partial charge in [-0.1, -0.05) is 35.9 Å². The van der Waals surface area contributed by atoms with Crippen LogP contribution in [0.1, 0.15) is 10.4 Å². The molecule has 0 aliphatic carbocycles. The molecule has 0 fully saturated rings. The van der Waals surface area contributed by atoms with E-state index in [1.165, 1.54) is 18.2 Å². The summed E-state index contributed by atoms with van der Waals surface area (Å²) in [5.74, 6) is -0.791. The molecule has 4 nitrogen and oxygen atoms in total. The number of para-hydroxylation sites is 1. The van der Waals surface area contributed by atoms with Crippen molar-refractivity contribution in [1.82, 2.24) is 4.98 Å². The van der Waals surface area contributed by atoms with Crippen molar-refractivity contribution in [2.45, 2.75) is 0 Å². The molecule has 1 aromatic heterocycles. The van der Waals surface area contributed by atoms with Crippen LogP contribution in [0.3, 0.4) is 0 Å². The number of oxazole rings is 1. The molecule has 0 saturated heterocycles. The lowest BCUT2D eigenvalue weighted by Crippen LogP contribution is -2.14. The number of anilines is 1. The zero-order valence-corrected chi connectivity index (χ0v) is 14.1. The summed E-state index contributed by atoms with van der Waals surface area (Å²) in [6, 6.07) is 18.0. The maximum atomic E-state index is 13.8. The van der Waals surface area contributed by atoms with E-state index in [9.17, 15) is 9.18 Å². The van der Waals surface area contributed by atoms with E-state index in [1.54, 1.807) is 48.5 Å². The van der Waals surface area contributed by atoms with Crippen LogP contribution in [-0.4, -0.2) is 10.9 Å². The van der Waals surface area contributed by atoms with Gasteiger partial charge < -0.3 is 9.73 Å². The summed E-state index contributed by atoms with van der Waals surface area (Å²) in [4.78, 5) is 16.8. The molecule has 6 heteroatoms. The Balaban J connectivity index is 1.72. The first kappa shape index (κ1) is 16.3. The molecule has 3 aromatic carbocycles. The maximum Gasteiger partial charge on any atom is 0.258 e. The predicted molar refractivity (Wildman–Crippen MR) is 98.8 cm³/mol. The minimum atomic E-state index is -0.584. The lowest BCUT2D eigenvalue weighted by atomic mass is 10.1. The topological polar surface area (TPSA) is 55.1 Å². The van der Waals surface area contributed by atoms with Gasteiger partial charge in [0.05, 0.1) is 16.8 Å². The van der Waals surface area contributed by atoms with Gasteiger partial charge in [0.25, 0.3) is 5.91 Å². The molecule has 4 rings (SSSR count). The fourth-order valence-electron chi connectivity index (χ4n) is 2.63. The van der Waals surface area contributed by atoms with Gasteiger partial charge in [0.15, 0.2) is 5.58 Å². The molecular weight excluding hydrogens is 355 g/mol. The first-order valence-corrected chi connectivity index (χ1v) is 8.21. The number of rotatable bonds is 3. The molecule has 0 unspecified atom stereocenters. The van der Waals surface area contributed by atoms with E-state index in [2.05, 4.69) is 10.3 Å². The quantitative estimate of drug-likeness (QED) is 0.518. The monoisotopic (exact) mass is 366 g/mol. The minimum Gasteiger partial charge on any atom is -0.436 e. The van der Waals surface area contributed by atoms with Crippen LogP contribution in [0.15, 0.2) is 71.1 Å². The molecule has 0 aliphatic heterocycles. The first-order valence-electron chi connectivity index (χ1n) is 7.83. The van der Waals surface area contributed by atoms with E-state index in [-0.39, 0.29) is 5.56 Å². The van der Waals surface area contributed by atoms with Crippen molar-refractivity contribution in [3.05, 3.63) is 83.1 Å². The van der Waals surface area contributed by atoms with Gasteiger partial charge in [-0.2, -0.15) is 0 Å². The molecule has 0 radical (unpaired) electrons. The number of benzene rings is 3. The number of carbonyl (C=O) groups excluding carboxylic acids is 1. The fourth-order valence-corrected chi connectivity index (χ4v) is 2.80. The van der Waals surface area contributed by atoms with Crippen LogP contribution >= 0.6 is 11.6 Å². The Morgan fingerprint density at radius 2 is 1.81 bits per heavy atom. The van der Waals surface area contributed by atoms with Crippen LogP contribution < -0.4 is 5.32 Å². The summed E-state index contributed by atoms with van der Waals surface area (Å²) < 4.78 is 19.6. The van der Waals surface area contributed by atoms with Gasteiger partial charge in [0.1, 0.15) is 11.3 Å². The van der Waals surface area contributed by atoms with Crippen LogP contribution in [0.5, 0.6) is 0 Å². The molecule has 0 aliphatic rings. The van der Waals surface area contributed by atoms with E-state index in [0.717, 1.165) is 0 Å². The molecule has 1 N–H and O–H groups in total.